The summed E-state index contributed by atoms with van der Waals surface area (Å²) in [6.07, 6.45) is 4.09. The SMILES string of the molecule is O=C1CCCC2=C1C(c1cc(Br)cc(Br)c1OCc1ccc(C(=O)O)cc1)C1=C(CCCC1=O)N2. The lowest BCUT2D eigenvalue weighted by atomic mass is 9.71. The van der Waals surface area contributed by atoms with Gasteiger partial charge in [0.1, 0.15) is 12.4 Å². The maximum Gasteiger partial charge on any atom is 0.335 e. The van der Waals surface area contributed by atoms with E-state index in [2.05, 4.69) is 37.2 Å². The number of carboxylic acid groups (broad SMARTS) is 1. The smallest absolute Gasteiger partial charge is 0.335 e. The molecule has 0 fully saturated rings. The molecule has 0 saturated heterocycles. The number of halogens is 2. The minimum absolute atomic E-state index is 0.0694. The number of ketones is 2. The predicted octanol–water partition coefficient (Wildman–Crippen LogP) is 6.19. The van der Waals surface area contributed by atoms with Gasteiger partial charge in [0, 0.05) is 51.3 Å². The second kappa shape index (κ2) is 9.74. The molecule has 2 N–H and O–H groups in total. The van der Waals surface area contributed by atoms with Gasteiger partial charge < -0.3 is 15.2 Å². The van der Waals surface area contributed by atoms with Gasteiger partial charge in [0.05, 0.1) is 10.0 Å². The first-order valence-electron chi connectivity index (χ1n) is 11.6. The third-order valence-electron chi connectivity index (χ3n) is 6.72. The van der Waals surface area contributed by atoms with Crippen molar-refractivity contribution >= 4 is 49.4 Å². The van der Waals surface area contributed by atoms with E-state index in [1.807, 2.05) is 12.1 Å². The summed E-state index contributed by atoms with van der Waals surface area (Å²) in [5.74, 6) is -0.762. The van der Waals surface area contributed by atoms with Crippen LogP contribution in [0.3, 0.4) is 0 Å². The molecule has 35 heavy (non-hydrogen) atoms. The molecule has 0 spiro atoms. The van der Waals surface area contributed by atoms with Crippen molar-refractivity contribution in [2.75, 3.05) is 0 Å². The molecule has 5 rings (SSSR count). The number of hydrogen-bond acceptors (Lipinski definition) is 5. The first-order valence-corrected chi connectivity index (χ1v) is 13.2. The first-order chi connectivity index (χ1) is 16.8. The van der Waals surface area contributed by atoms with Crippen LogP contribution in [0.4, 0.5) is 0 Å². The summed E-state index contributed by atoms with van der Waals surface area (Å²) in [6, 6.07) is 10.3. The minimum atomic E-state index is -0.983. The van der Waals surface area contributed by atoms with Gasteiger partial charge in [0.2, 0.25) is 0 Å². The largest absolute Gasteiger partial charge is 0.487 e. The zero-order valence-corrected chi connectivity index (χ0v) is 22.0. The summed E-state index contributed by atoms with van der Waals surface area (Å²) < 4.78 is 7.81. The fourth-order valence-corrected chi connectivity index (χ4v) is 6.51. The first kappa shape index (κ1) is 24.0. The quantitative estimate of drug-likeness (QED) is 0.425. The molecule has 1 aliphatic heterocycles. The Hall–Kier alpha value is -2.71. The number of benzene rings is 2. The number of nitrogens with one attached hydrogen (secondary N) is 1. The van der Waals surface area contributed by atoms with E-state index in [-0.39, 0.29) is 23.7 Å². The van der Waals surface area contributed by atoms with E-state index < -0.39 is 11.9 Å². The van der Waals surface area contributed by atoms with Crippen molar-refractivity contribution in [3.05, 3.63) is 84.6 Å². The van der Waals surface area contributed by atoms with Crippen LogP contribution in [0.2, 0.25) is 0 Å². The van der Waals surface area contributed by atoms with Crippen LogP contribution < -0.4 is 10.1 Å². The lowest BCUT2D eigenvalue weighted by molar-refractivity contribution is -0.117. The van der Waals surface area contributed by atoms with Crippen LogP contribution in [0.25, 0.3) is 0 Å². The lowest BCUT2D eigenvalue weighted by Crippen LogP contribution is -2.36. The second-order valence-corrected chi connectivity index (χ2v) is 10.8. The van der Waals surface area contributed by atoms with Gasteiger partial charge in [-0.1, -0.05) is 28.1 Å². The molecule has 1 heterocycles. The third-order valence-corrected chi connectivity index (χ3v) is 7.77. The van der Waals surface area contributed by atoms with Crippen LogP contribution in [0.5, 0.6) is 5.75 Å². The Kier molecular flexibility index (Phi) is 6.68. The van der Waals surface area contributed by atoms with E-state index in [0.717, 1.165) is 52.7 Å². The zero-order valence-electron chi connectivity index (χ0n) is 18.8. The number of carbonyl (C=O) groups is 3. The average molecular weight is 601 g/mol. The summed E-state index contributed by atoms with van der Waals surface area (Å²) in [5, 5.41) is 12.6. The molecular formula is C27H23Br2NO5. The summed E-state index contributed by atoms with van der Waals surface area (Å²) in [5.41, 5.74) is 4.97. The molecule has 0 aromatic heterocycles. The number of aromatic carboxylic acids is 1. The molecule has 8 heteroatoms. The van der Waals surface area contributed by atoms with E-state index >= 15 is 0 Å². The van der Waals surface area contributed by atoms with Gasteiger partial charge in [-0.2, -0.15) is 0 Å². The van der Waals surface area contributed by atoms with Crippen LogP contribution in [0, 0.1) is 0 Å². The van der Waals surface area contributed by atoms with Gasteiger partial charge in [0.25, 0.3) is 0 Å². The number of carbonyl (C=O) groups excluding carboxylic acids is 2. The second-order valence-electron chi connectivity index (χ2n) is 8.99. The molecule has 0 radical (unpaired) electrons. The summed E-state index contributed by atoms with van der Waals surface area (Å²) in [6.45, 7) is 0.206. The van der Waals surface area contributed by atoms with Gasteiger partial charge in [-0.15, -0.1) is 0 Å². The molecule has 2 aromatic carbocycles. The average Bonchev–Trinajstić information content (AvgIpc) is 2.82. The molecule has 3 aliphatic rings. The van der Waals surface area contributed by atoms with Crippen LogP contribution in [0.15, 0.2) is 67.9 Å². The molecule has 0 saturated carbocycles. The Bertz CT molecular complexity index is 1270. The Morgan fingerprint density at radius 1 is 0.943 bits per heavy atom. The number of ether oxygens (including phenoxy) is 1. The van der Waals surface area contributed by atoms with E-state index in [1.54, 1.807) is 24.3 Å². The summed E-state index contributed by atoms with van der Waals surface area (Å²) in [4.78, 5) is 37.6. The van der Waals surface area contributed by atoms with Gasteiger partial charge in [-0.3, -0.25) is 9.59 Å². The van der Waals surface area contributed by atoms with Crippen LogP contribution in [-0.2, 0) is 16.2 Å². The topological polar surface area (TPSA) is 92.7 Å². The monoisotopic (exact) mass is 599 g/mol. The maximum absolute atomic E-state index is 13.2. The Labute approximate surface area is 219 Å². The molecule has 0 amide bonds. The van der Waals surface area contributed by atoms with Crippen molar-refractivity contribution in [1.29, 1.82) is 0 Å². The van der Waals surface area contributed by atoms with E-state index in [4.69, 9.17) is 9.84 Å². The molecular weight excluding hydrogens is 578 g/mol. The number of hydrogen-bond donors (Lipinski definition) is 2. The Morgan fingerprint density at radius 3 is 2.11 bits per heavy atom. The molecule has 0 atom stereocenters. The van der Waals surface area contributed by atoms with Crippen LogP contribution in [0.1, 0.15) is 65.9 Å². The van der Waals surface area contributed by atoms with Crippen LogP contribution >= 0.6 is 31.9 Å². The molecule has 6 nitrogen and oxygen atoms in total. The van der Waals surface area contributed by atoms with E-state index in [9.17, 15) is 14.4 Å². The Morgan fingerprint density at radius 2 is 1.54 bits per heavy atom. The van der Waals surface area contributed by atoms with Crippen molar-refractivity contribution in [3.8, 4) is 5.75 Å². The standard InChI is InChI=1S/C27H23Br2NO5/c28-16-11-17(26(18(29)12-16)35-13-14-7-9-15(10-8-14)27(33)34)23-24-19(3-1-5-21(24)31)30-20-4-2-6-22(32)25(20)23/h7-12,23,30H,1-6,13H2,(H,33,34). The number of rotatable bonds is 5. The van der Waals surface area contributed by atoms with Crippen LogP contribution in [-0.4, -0.2) is 22.6 Å². The molecule has 180 valence electrons. The van der Waals surface area contributed by atoms with Crippen molar-refractivity contribution in [2.45, 2.75) is 51.0 Å². The highest BCUT2D eigenvalue weighted by Gasteiger charge is 2.41. The van der Waals surface area contributed by atoms with Gasteiger partial charge in [-0.05, 0) is 71.4 Å². The minimum Gasteiger partial charge on any atom is -0.487 e. The highest BCUT2D eigenvalue weighted by molar-refractivity contribution is 9.11. The van der Waals surface area contributed by atoms with E-state index in [0.29, 0.717) is 34.2 Å². The molecule has 0 unspecified atom stereocenters. The van der Waals surface area contributed by atoms with Crippen molar-refractivity contribution in [3.63, 3.8) is 0 Å². The Balaban J connectivity index is 1.59. The number of Topliss-reactive ketones (excluding diaryl/α,β-unsaturated/α-hetero) is 2. The number of dihydropyridines is 1. The zero-order chi connectivity index (χ0) is 24.7. The number of allylic oxidation sites excluding steroid dienone is 4. The maximum atomic E-state index is 13.2. The fraction of sp³-hybridized carbons (Fsp3) is 0.296. The summed E-state index contributed by atoms with van der Waals surface area (Å²) >= 11 is 7.20. The molecule has 2 aromatic rings. The highest BCUT2D eigenvalue weighted by Crippen LogP contribution is 2.49. The van der Waals surface area contributed by atoms with Gasteiger partial charge >= 0.3 is 5.97 Å². The highest BCUT2D eigenvalue weighted by atomic mass is 79.9. The van der Waals surface area contributed by atoms with Crippen molar-refractivity contribution in [1.82, 2.24) is 5.32 Å². The van der Waals surface area contributed by atoms with Crippen molar-refractivity contribution < 1.29 is 24.2 Å². The third kappa shape index (κ3) is 4.61. The van der Waals surface area contributed by atoms with E-state index in [1.165, 1.54) is 0 Å². The summed E-state index contributed by atoms with van der Waals surface area (Å²) in [7, 11) is 0. The fourth-order valence-electron chi connectivity index (χ4n) is 5.14. The van der Waals surface area contributed by atoms with Gasteiger partial charge in [0.15, 0.2) is 11.6 Å². The van der Waals surface area contributed by atoms with Crippen molar-refractivity contribution in [2.24, 2.45) is 0 Å². The normalized spacial score (nSPS) is 18.2. The van der Waals surface area contributed by atoms with Gasteiger partial charge in [-0.25, -0.2) is 4.79 Å². The predicted molar refractivity (Wildman–Crippen MR) is 137 cm³/mol. The lowest BCUT2D eigenvalue weighted by Gasteiger charge is -2.37. The molecule has 0 bridgehead atoms. The molecule has 2 aliphatic carbocycles. The number of carboxylic acids is 1.